The van der Waals surface area contributed by atoms with E-state index in [9.17, 15) is 18.3 Å². The molecule has 77 valence electrons. The molecule has 0 unspecified atom stereocenters. The summed E-state index contributed by atoms with van der Waals surface area (Å²) in [7, 11) is 0. The van der Waals surface area contributed by atoms with Crippen LogP contribution in [-0.4, -0.2) is 0 Å². The van der Waals surface area contributed by atoms with Gasteiger partial charge in [0.25, 0.3) is 0 Å². The Morgan fingerprint density at radius 2 is 1.67 bits per heavy atom. The van der Waals surface area contributed by atoms with Crippen molar-refractivity contribution in [2.24, 2.45) is 0 Å². The molecule has 0 aliphatic carbocycles. The predicted molar refractivity (Wildman–Crippen MR) is 49.1 cm³/mol. The molecule has 2 aromatic rings. The maximum Gasteiger partial charge on any atom is 0.416 e. The van der Waals surface area contributed by atoms with Crippen LogP contribution in [0.25, 0.3) is 10.8 Å². The largest absolute Gasteiger partial charge is 0.416 e. The van der Waals surface area contributed by atoms with Gasteiger partial charge < -0.3 is 0 Å². The first-order chi connectivity index (χ1) is 6.98. The lowest BCUT2D eigenvalue weighted by Crippen LogP contribution is -2.04. The molecule has 0 spiro atoms. The van der Waals surface area contributed by atoms with Gasteiger partial charge in [-0.25, -0.2) is 0 Å². The molecule has 15 heavy (non-hydrogen) atoms. The van der Waals surface area contributed by atoms with E-state index in [1.54, 1.807) is 12.1 Å². The molecular formula is C11H6F3O. The third-order valence-corrected chi connectivity index (χ3v) is 2.15. The fourth-order valence-corrected chi connectivity index (χ4v) is 1.44. The summed E-state index contributed by atoms with van der Waals surface area (Å²) in [5, 5.41) is 12.0. The Bertz CT molecular complexity index is 503. The van der Waals surface area contributed by atoms with E-state index in [-0.39, 0.29) is 0 Å². The Morgan fingerprint density at radius 3 is 2.33 bits per heavy atom. The quantitative estimate of drug-likeness (QED) is 0.627. The molecule has 0 saturated heterocycles. The standard InChI is InChI=1S/C11H6F3O/c12-11(13,14)8-5-7-3-1-2-4-9(7)10(15)6-8/h1-6H. The minimum Gasteiger partial charge on any atom is -0.289 e. The minimum absolute atomic E-state index is 0.311. The molecule has 0 saturated carbocycles. The van der Waals surface area contributed by atoms with Gasteiger partial charge in [0.05, 0.1) is 5.56 Å². The first-order valence-electron chi connectivity index (χ1n) is 4.25. The number of hydrogen-bond donors (Lipinski definition) is 0. The van der Waals surface area contributed by atoms with Crippen LogP contribution >= 0.6 is 0 Å². The number of hydrogen-bond acceptors (Lipinski definition) is 0. The number of rotatable bonds is 0. The lowest BCUT2D eigenvalue weighted by Gasteiger charge is -2.08. The molecule has 1 radical (unpaired) electrons. The Hall–Kier alpha value is -1.71. The fraction of sp³-hybridized carbons (Fsp3) is 0.0909. The number of halogens is 3. The van der Waals surface area contributed by atoms with Gasteiger partial charge >= 0.3 is 6.18 Å². The summed E-state index contributed by atoms with van der Waals surface area (Å²) in [5.41, 5.74) is -0.897. The first-order valence-corrected chi connectivity index (χ1v) is 4.25. The van der Waals surface area contributed by atoms with Crippen molar-refractivity contribution in [2.45, 2.75) is 6.18 Å². The van der Waals surface area contributed by atoms with E-state index in [1.807, 2.05) is 0 Å². The molecular weight excluding hydrogens is 205 g/mol. The number of alkyl halides is 3. The second-order valence-electron chi connectivity index (χ2n) is 3.19. The van der Waals surface area contributed by atoms with E-state index in [0.717, 1.165) is 6.07 Å². The van der Waals surface area contributed by atoms with Crippen LogP contribution in [0, 0.1) is 0 Å². The van der Waals surface area contributed by atoms with Gasteiger partial charge in [-0.05, 0) is 17.5 Å². The second-order valence-corrected chi connectivity index (χ2v) is 3.19. The van der Waals surface area contributed by atoms with Crippen LogP contribution in [0.15, 0.2) is 36.4 Å². The first kappa shape index (κ1) is 9.83. The zero-order valence-corrected chi connectivity index (χ0v) is 7.51. The highest BCUT2D eigenvalue weighted by molar-refractivity contribution is 5.88. The van der Waals surface area contributed by atoms with Gasteiger partial charge in [0.2, 0.25) is 0 Å². The van der Waals surface area contributed by atoms with Crippen LogP contribution in [0.4, 0.5) is 13.2 Å². The van der Waals surface area contributed by atoms with E-state index < -0.39 is 17.5 Å². The van der Waals surface area contributed by atoms with Gasteiger partial charge in [-0.15, -0.1) is 0 Å². The maximum absolute atomic E-state index is 12.4. The normalized spacial score (nSPS) is 11.9. The van der Waals surface area contributed by atoms with Gasteiger partial charge in [-0.1, -0.05) is 24.3 Å². The van der Waals surface area contributed by atoms with Crippen molar-refractivity contribution in [2.75, 3.05) is 0 Å². The summed E-state index contributed by atoms with van der Waals surface area (Å²) in [4.78, 5) is 0. The Balaban J connectivity index is 2.73. The monoisotopic (exact) mass is 211 g/mol. The van der Waals surface area contributed by atoms with Crippen molar-refractivity contribution < 1.29 is 18.3 Å². The van der Waals surface area contributed by atoms with Crippen molar-refractivity contribution in [1.82, 2.24) is 0 Å². The van der Waals surface area contributed by atoms with E-state index in [1.165, 1.54) is 12.1 Å². The molecule has 0 aromatic heterocycles. The third-order valence-electron chi connectivity index (χ3n) is 2.15. The van der Waals surface area contributed by atoms with Crippen LogP contribution in [0.2, 0.25) is 0 Å². The van der Waals surface area contributed by atoms with Gasteiger partial charge in [-0.3, -0.25) is 5.11 Å². The smallest absolute Gasteiger partial charge is 0.289 e. The summed E-state index contributed by atoms with van der Waals surface area (Å²) in [6.45, 7) is 0. The van der Waals surface area contributed by atoms with Crippen LogP contribution in [0.5, 0.6) is 5.75 Å². The van der Waals surface area contributed by atoms with E-state index in [0.29, 0.717) is 16.8 Å². The molecule has 0 heterocycles. The average molecular weight is 211 g/mol. The Morgan fingerprint density at radius 1 is 1.00 bits per heavy atom. The lowest BCUT2D eigenvalue weighted by atomic mass is 10.1. The zero-order valence-electron chi connectivity index (χ0n) is 7.51. The van der Waals surface area contributed by atoms with Gasteiger partial charge in [0, 0.05) is 5.39 Å². The fourth-order valence-electron chi connectivity index (χ4n) is 1.44. The molecule has 0 bridgehead atoms. The van der Waals surface area contributed by atoms with Crippen LogP contribution < -0.4 is 0 Å². The Kier molecular flexibility index (Phi) is 2.07. The van der Waals surface area contributed by atoms with Crippen LogP contribution in [-0.2, 0) is 11.3 Å². The third kappa shape index (κ3) is 1.75. The van der Waals surface area contributed by atoms with Gasteiger partial charge in [0.1, 0.15) is 0 Å². The molecule has 0 amide bonds. The molecule has 2 rings (SSSR count). The van der Waals surface area contributed by atoms with Crippen molar-refractivity contribution in [3.63, 3.8) is 0 Å². The number of fused-ring (bicyclic) bond motifs is 1. The molecule has 4 heteroatoms. The van der Waals surface area contributed by atoms with E-state index >= 15 is 0 Å². The molecule has 0 aliphatic rings. The SMILES string of the molecule is [O]c1cc(C(F)(F)F)cc2ccccc12. The summed E-state index contributed by atoms with van der Waals surface area (Å²) in [6, 6.07) is 7.84. The molecule has 0 aliphatic heterocycles. The van der Waals surface area contributed by atoms with Gasteiger partial charge in [0.15, 0.2) is 5.75 Å². The lowest BCUT2D eigenvalue weighted by molar-refractivity contribution is -0.137. The number of benzene rings is 2. The zero-order chi connectivity index (χ0) is 11.1. The molecule has 0 N–H and O–H groups in total. The molecule has 0 fully saturated rings. The molecule has 1 nitrogen and oxygen atoms in total. The minimum atomic E-state index is -4.47. The van der Waals surface area contributed by atoms with Crippen LogP contribution in [0.3, 0.4) is 0 Å². The highest BCUT2D eigenvalue weighted by atomic mass is 19.4. The maximum atomic E-state index is 12.4. The summed E-state index contributed by atoms with van der Waals surface area (Å²) < 4.78 is 37.1. The van der Waals surface area contributed by atoms with E-state index in [4.69, 9.17) is 0 Å². The summed E-state index contributed by atoms with van der Waals surface area (Å²) in [5.74, 6) is -0.597. The topological polar surface area (TPSA) is 19.9 Å². The highest BCUT2D eigenvalue weighted by Crippen LogP contribution is 2.35. The second kappa shape index (κ2) is 3.15. The van der Waals surface area contributed by atoms with Crippen molar-refractivity contribution in [1.29, 1.82) is 0 Å². The van der Waals surface area contributed by atoms with Gasteiger partial charge in [-0.2, -0.15) is 13.2 Å². The summed E-state index contributed by atoms with van der Waals surface area (Å²) >= 11 is 0. The van der Waals surface area contributed by atoms with Crippen molar-refractivity contribution >= 4 is 10.8 Å². The predicted octanol–water partition coefficient (Wildman–Crippen LogP) is 4.00. The van der Waals surface area contributed by atoms with Crippen LogP contribution in [0.1, 0.15) is 5.56 Å². The van der Waals surface area contributed by atoms with Crippen molar-refractivity contribution in [3.8, 4) is 5.75 Å². The average Bonchev–Trinajstić information content (AvgIpc) is 2.16. The highest BCUT2D eigenvalue weighted by Gasteiger charge is 2.31. The van der Waals surface area contributed by atoms with E-state index in [2.05, 4.69) is 0 Å². The molecule has 0 atom stereocenters. The van der Waals surface area contributed by atoms with Crippen molar-refractivity contribution in [3.05, 3.63) is 42.0 Å². The summed E-state index contributed by atoms with van der Waals surface area (Å²) in [6.07, 6.45) is -4.47. The molecule has 2 aromatic carbocycles. The Labute approximate surface area is 83.8 Å².